The molecule has 3 N–H and O–H groups in total. The molecule has 4 aromatic rings. The number of halogens is 1. The lowest BCUT2D eigenvalue weighted by molar-refractivity contribution is 0.221. The van der Waals surface area contributed by atoms with Gasteiger partial charge in [-0.3, -0.25) is 0 Å². The van der Waals surface area contributed by atoms with Crippen molar-refractivity contribution in [3.63, 3.8) is 0 Å². The number of hydrogen-bond donors (Lipinski definition) is 2. The molecule has 0 unspecified atom stereocenters. The van der Waals surface area contributed by atoms with Crippen molar-refractivity contribution >= 4 is 17.0 Å². The van der Waals surface area contributed by atoms with Crippen molar-refractivity contribution in [1.82, 2.24) is 24.8 Å². The molecular formula is C29H35FN6. The van der Waals surface area contributed by atoms with Gasteiger partial charge >= 0.3 is 0 Å². The van der Waals surface area contributed by atoms with Crippen LogP contribution in [0.5, 0.6) is 0 Å². The third-order valence-electron chi connectivity index (χ3n) is 6.41. The first-order chi connectivity index (χ1) is 17.2. The highest BCUT2D eigenvalue weighted by Gasteiger charge is 2.18. The number of nitrogens with two attached hydrogens (primary N) is 1. The molecule has 0 radical (unpaired) electrons. The lowest BCUT2D eigenvalue weighted by atomic mass is 9.98. The summed E-state index contributed by atoms with van der Waals surface area (Å²) >= 11 is 0. The maximum Gasteiger partial charge on any atom is 0.166 e. The van der Waals surface area contributed by atoms with E-state index in [9.17, 15) is 4.39 Å². The van der Waals surface area contributed by atoms with E-state index in [1.165, 1.54) is 0 Å². The summed E-state index contributed by atoms with van der Waals surface area (Å²) in [7, 11) is 0. The smallest absolute Gasteiger partial charge is 0.166 e. The molecule has 2 aromatic heterocycles. The largest absolute Gasteiger partial charge is 0.385 e. The first-order valence-electron chi connectivity index (χ1n) is 12.5. The summed E-state index contributed by atoms with van der Waals surface area (Å²) in [6.45, 7) is 10.8. The molecule has 0 fully saturated rings. The van der Waals surface area contributed by atoms with E-state index in [-0.39, 0.29) is 0 Å². The second-order valence-corrected chi connectivity index (χ2v) is 9.80. The van der Waals surface area contributed by atoms with E-state index in [1.807, 2.05) is 55.5 Å². The average molecular weight is 487 g/mol. The summed E-state index contributed by atoms with van der Waals surface area (Å²) in [5.41, 5.74) is 11.1. The van der Waals surface area contributed by atoms with Crippen LogP contribution < -0.4 is 11.1 Å². The minimum absolute atomic E-state index is 0.403. The fraction of sp³-hybridized carbons (Fsp3) is 0.345. The van der Waals surface area contributed by atoms with Crippen LogP contribution in [0.4, 0.5) is 10.2 Å². The molecule has 7 heteroatoms. The minimum Gasteiger partial charge on any atom is -0.385 e. The molecule has 4 rings (SSSR count). The maximum absolute atomic E-state index is 14.2. The van der Waals surface area contributed by atoms with Gasteiger partial charge in [-0.1, -0.05) is 61.5 Å². The number of rotatable bonds is 11. The molecule has 2 aromatic carbocycles. The molecule has 0 saturated carbocycles. The summed E-state index contributed by atoms with van der Waals surface area (Å²) in [5, 5.41) is 3.38. The number of fused-ring (bicyclic) bond motifs is 1. The highest BCUT2D eigenvalue weighted by atomic mass is 19.1. The summed E-state index contributed by atoms with van der Waals surface area (Å²) in [6, 6.07) is 15.7. The van der Waals surface area contributed by atoms with Crippen LogP contribution in [0.1, 0.15) is 56.2 Å². The van der Waals surface area contributed by atoms with Crippen molar-refractivity contribution in [3.05, 3.63) is 83.8 Å². The molecule has 0 bridgehead atoms. The highest BCUT2D eigenvalue weighted by molar-refractivity contribution is 5.84. The Balaban J connectivity index is 1.27. The van der Waals surface area contributed by atoms with Gasteiger partial charge in [-0.05, 0) is 56.7 Å². The molecular weight excluding hydrogens is 451 g/mol. The zero-order chi connectivity index (χ0) is 25.7. The second-order valence-electron chi connectivity index (χ2n) is 9.80. The monoisotopic (exact) mass is 486 g/mol. The van der Waals surface area contributed by atoms with E-state index >= 15 is 0 Å². The second kappa shape index (κ2) is 10.9. The van der Waals surface area contributed by atoms with Gasteiger partial charge in [0.15, 0.2) is 17.3 Å². The number of nitrogens with one attached hydrogen (secondary N) is 1. The zero-order valence-electron chi connectivity index (χ0n) is 21.4. The van der Waals surface area contributed by atoms with Crippen molar-refractivity contribution in [1.29, 1.82) is 0 Å². The number of benzene rings is 2. The molecule has 6 nitrogen and oxygen atoms in total. The highest BCUT2D eigenvalue weighted by Crippen LogP contribution is 2.26. The third-order valence-corrected chi connectivity index (χ3v) is 6.41. The topological polar surface area (TPSA) is 81.7 Å². The van der Waals surface area contributed by atoms with Gasteiger partial charge in [0, 0.05) is 24.4 Å². The Bertz CT molecular complexity index is 1350. The number of anilines is 1. The van der Waals surface area contributed by atoms with Gasteiger partial charge < -0.3 is 15.6 Å². The van der Waals surface area contributed by atoms with Gasteiger partial charge in [-0.2, -0.15) is 0 Å². The van der Waals surface area contributed by atoms with Crippen LogP contribution in [0.15, 0.2) is 67.1 Å². The molecule has 2 heterocycles. The van der Waals surface area contributed by atoms with Gasteiger partial charge in [0.25, 0.3) is 0 Å². The molecule has 188 valence electrons. The lowest BCUT2D eigenvalue weighted by Crippen LogP contribution is -2.14. The number of hydrogen-bond acceptors (Lipinski definition) is 5. The van der Waals surface area contributed by atoms with Crippen molar-refractivity contribution in [2.45, 2.75) is 65.2 Å². The fourth-order valence-electron chi connectivity index (χ4n) is 4.24. The van der Waals surface area contributed by atoms with Gasteiger partial charge in [-0.25, -0.2) is 19.3 Å². The number of aryl methyl sites for hydroxylation is 2. The summed E-state index contributed by atoms with van der Waals surface area (Å²) in [6.07, 6.45) is 5.77. The van der Waals surface area contributed by atoms with Crippen LogP contribution in [0.3, 0.4) is 0 Å². The average Bonchev–Trinajstić information content (AvgIpc) is 3.26. The van der Waals surface area contributed by atoms with E-state index in [1.54, 1.807) is 20.2 Å². The van der Waals surface area contributed by atoms with E-state index in [0.717, 1.165) is 60.3 Å². The van der Waals surface area contributed by atoms with Crippen LogP contribution in [0.2, 0.25) is 0 Å². The van der Waals surface area contributed by atoms with Crippen LogP contribution >= 0.6 is 0 Å². The van der Waals surface area contributed by atoms with Crippen molar-refractivity contribution in [3.8, 4) is 11.4 Å². The number of aromatic nitrogens is 4. The van der Waals surface area contributed by atoms with Gasteiger partial charge in [0.1, 0.15) is 11.2 Å². The van der Waals surface area contributed by atoms with E-state index in [0.29, 0.717) is 29.3 Å². The molecule has 0 saturated heterocycles. The number of alkyl halides is 1. The third kappa shape index (κ3) is 6.08. The Hall–Kier alpha value is -3.74. The van der Waals surface area contributed by atoms with Gasteiger partial charge in [-0.15, -0.1) is 0 Å². The van der Waals surface area contributed by atoms with Crippen molar-refractivity contribution in [2.75, 3.05) is 5.73 Å². The van der Waals surface area contributed by atoms with Crippen LogP contribution in [-0.4, -0.2) is 19.5 Å². The van der Waals surface area contributed by atoms with Crippen LogP contribution in [0.25, 0.3) is 22.6 Å². The number of nitrogen functional groups attached to an aromatic ring is 1. The summed E-state index contributed by atoms with van der Waals surface area (Å²) in [5.74, 6) is 1.03. The quantitative estimate of drug-likeness (QED) is 0.238. The fourth-order valence-corrected chi connectivity index (χ4v) is 4.24. The van der Waals surface area contributed by atoms with Gasteiger partial charge in [0.2, 0.25) is 0 Å². The number of allylic oxidation sites excluding steroid dienone is 1. The molecule has 0 spiro atoms. The first kappa shape index (κ1) is 25.4. The first-order valence-corrected chi connectivity index (χ1v) is 12.5. The lowest BCUT2D eigenvalue weighted by Gasteiger charge is -2.16. The molecule has 0 aliphatic heterocycles. The summed E-state index contributed by atoms with van der Waals surface area (Å²) in [4.78, 5) is 13.7. The molecule has 0 amide bonds. The van der Waals surface area contributed by atoms with E-state index in [2.05, 4.69) is 26.4 Å². The Kier molecular flexibility index (Phi) is 7.67. The number of unbranched alkanes of at least 4 members (excludes halogenated alkanes) is 2. The standard InChI is InChI=1S/C29H35FN6/c1-20-11-7-8-15-24(20)27-34-26(31)25-28(35-27)36(19-33-25)16-9-5-6-12-21(2)32-18-22-13-10-14-23(17-22)29(3,4)30/h7-8,10-11,13-15,17,19,32H,2,5-6,9,12,16,18H2,1,3-4H3,(H2,31,34,35). The van der Waals surface area contributed by atoms with Crippen molar-refractivity contribution in [2.24, 2.45) is 0 Å². The number of imidazole rings is 1. The minimum atomic E-state index is -1.34. The maximum atomic E-state index is 14.2. The molecule has 0 aliphatic rings. The SMILES string of the molecule is C=C(CCCCCn1cnc2c(N)nc(-c3ccccc3C)nc21)NCc1cccc(C(C)(C)F)c1. The Labute approximate surface area is 212 Å². The van der Waals surface area contributed by atoms with Gasteiger partial charge in [0.05, 0.1) is 6.33 Å². The van der Waals surface area contributed by atoms with Crippen LogP contribution in [-0.2, 0) is 18.8 Å². The predicted molar refractivity (Wildman–Crippen MR) is 145 cm³/mol. The molecule has 36 heavy (non-hydrogen) atoms. The Morgan fingerprint density at radius 3 is 2.67 bits per heavy atom. The van der Waals surface area contributed by atoms with E-state index in [4.69, 9.17) is 10.7 Å². The Morgan fingerprint density at radius 1 is 1.08 bits per heavy atom. The van der Waals surface area contributed by atoms with E-state index < -0.39 is 5.67 Å². The Morgan fingerprint density at radius 2 is 1.89 bits per heavy atom. The molecule has 0 aliphatic carbocycles. The summed E-state index contributed by atoms with van der Waals surface area (Å²) < 4.78 is 16.3. The van der Waals surface area contributed by atoms with Crippen molar-refractivity contribution < 1.29 is 4.39 Å². The zero-order valence-corrected chi connectivity index (χ0v) is 21.4. The van der Waals surface area contributed by atoms with Crippen LogP contribution in [0, 0.1) is 6.92 Å². The normalized spacial score (nSPS) is 11.7. The predicted octanol–water partition coefficient (Wildman–Crippen LogP) is 6.45. The number of nitrogens with zero attached hydrogens (tertiary/aromatic N) is 4. The molecule has 0 atom stereocenters.